The summed E-state index contributed by atoms with van der Waals surface area (Å²) in [5.74, 6) is 0. The van der Waals surface area contributed by atoms with E-state index in [-0.39, 0.29) is 6.26 Å². The van der Waals surface area contributed by atoms with Crippen LogP contribution in [-0.2, 0) is 20.0 Å². The Kier molecular flexibility index (Phi) is 4.69. The summed E-state index contributed by atoms with van der Waals surface area (Å²) in [6.07, 6.45) is -22.7. The average Bonchev–Trinajstić information content (AvgIpc) is 1.84. The van der Waals surface area contributed by atoms with Gasteiger partial charge in [-0.2, -0.15) is 39.5 Å². The van der Waals surface area contributed by atoms with E-state index in [1.165, 1.54) is 0 Å². The molecule has 0 saturated carbocycles. The van der Waals surface area contributed by atoms with E-state index in [0.717, 1.165) is 4.13 Å². The van der Waals surface area contributed by atoms with Crippen LogP contribution >= 0.6 is 0 Å². The Balaban J connectivity index is 6.89. The molecule has 21 heavy (non-hydrogen) atoms. The molecule has 128 valence electrons. The second-order valence-corrected chi connectivity index (χ2v) is 7.08. The molecular weight excluding hydrogens is 373 g/mol. The van der Waals surface area contributed by atoms with Crippen LogP contribution in [0, 0.1) is 0 Å². The van der Waals surface area contributed by atoms with Crippen molar-refractivity contribution in [2.45, 2.75) is 23.3 Å². The van der Waals surface area contributed by atoms with Gasteiger partial charge in [-0.3, -0.25) is 0 Å². The lowest BCUT2D eigenvalue weighted by atomic mass is 10.1. The van der Waals surface area contributed by atoms with Gasteiger partial charge in [0.2, 0.25) is 0 Å². The van der Waals surface area contributed by atoms with E-state index < -0.39 is 43.3 Å². The van der Waals surface area contributed by atoms with E-state index in [4.69, 9.17) is 0 Å². The number of rotatable bonds is 3. The highest BCUT2D eigenvalue weighted by atomic mass is 32.3. The molecule has 0 saturated heterocycles. The molecule has 0 aromatic heterocycles. The lowest BCUT2D eigenvalue weighted by Gasteiger charge is -2.41. The zero-order chi connectivity index (χ0) is 17.7. The van der Waals surface area contributed by atoms with E-state index in [1.54, 1.807) is 0 Å². The topological polar surface area (TPSA) is 82.4 Å². The number of hydrogen-bond donors (Lipinski definition) is 0. The van der Waals surface area contributed by atoms with Crippen molar-refractivity contribution >= 4 is 20.0 Å². The van der Waals surface area contributed by atoms with Crippen molar-refractivity contribution in [2.24, 2.45) is 0 Å². The third kappa shape index (κ3) is 3.36. The minimum Gasteiger partial charge on any atom is -0.435 e. The second kappa shape index (κ2) is 4.87. The molecule has 0 fully saturated rings. The van der Waals surface area contributed by atoms with Gasteiger partial charge in [-0.05, 0) is 0 Å². The maximum absolute atomic E-state index is 12.4. The predicted octanol–water partition coefficient (Wildman–Crippen LogP) is 2.08. The molecule has 0 radical (unpaired) electrons. The lowest BCUT2D eigenvalue weighted by molar-refractivity contribution is -0.347. The first-order valence-corrected chi connectivity index (χ1v) is 7.38. The van der Waals surface area contributed by atoms with Crippen molar-refractivity contribution < 1.29 is 56.3 Å². The standard InChI is InChI=1S/C5H3F9NO4S2/c1-20(16,17)15-21(18,19)2(3(6,7)8,4(9,10)11)5(12,13)14/h1H3/q-1. The van der Waals surface area contributed by atoms with Crippen LogP contribution in [0.2, 0.25) is 0 Å². The molecule has 0 N–H and O–H groups in total. The molecular formula is C5H3F9NO4S2-. The Morgan fingerprint density at radius 3 is 1.05 bits per heavy atom. The van der Waals surface area contributed by atoms with E-state index in [0.29, 0.717) is 0 Å². The quantitative estimate of drug-likeness (QED) is 0.707. The normalized spacial score (nSPS) is 16.1. The summed E-state index contributed by atoms with van der Waals surface area (Å²) in [6.45, 7) is 0. The maximum atomic E-state index is 12.4. The van der Waals surface area contributed by atoms with Crippen molar-refractivity contribution in [2.75, 3.05) is 6.26 Å². The molecule has 16 heteroatoms. The van der Waals surface area contributed by atoms with Crippen molar-refractivity contribution in [3.05, 3.63) is 4.13 Å². The van der Waals surface area contributed by atoms with Crippen LogP contribution in [0.15, 0.2) is 0 Å². The first-order chi connectivity index (χ1) is 8.71. The molecule has 0 aromatic carbocycles. The van der Waals surface area contributed by atoms with Crippen LogP contribution < -0.4 is 0 Å². The molecule has 0 aromatic rings. The summed E-state index contributed by atoms with van der Waals surface area (Å²) in [5, 5.41) is 0. The molecule has 0 spiro atoms. The van der Waals surface area contributed by atoms with Crippen LogP contribution in [0.4, 0.5) is 39.5 Å². The molecule has 0 rings (SSSR count). The first kappa shape index (κ1) is 20.2. The summed E-state index contributed by atoms with van der Waals surface area (Å²) in [4.78, 5) is 0. The minimum atomic E-state index is -7.65. The highest BCUT2D eigenvalue weighted by molar-refractivity contribution is 8.12. The highest BCUT2D eigenvalue weighted by Crippen LogP contribution is 2.58. The SMILES string of the molecule is CS(=O)(=O)[N-]S(=O)(=O)C(C(F)(F)F)(C(F)(F)F)C(F)(F)F. The Morgan fingerprint density at radius 1 is 0.667 bits per heavy atom. The van der Waals surface area contributed by atoms with E-state index >= 15 is 0 Å². The molecule has 0 aliphatic rings. The third-order valence-corrected chi connectivity index (χ3v) is 5.15. The molecule has 0 aliphatic carbocycles. The Hall–Kier alpha value is -0.770. The molecule has 0 amide bonds. The van der Waals surface area contributed by atoms with Crippen molar-refractivity contribution in [1.29, 1.82) is 0 Å². The van der Waals surface area contributed by atoms with Crippen molar-refractivity contribution in [1.82, 2.24) is 0 Å². The van der Waals surface area contributed by atoms with Gasteiger partial charge in [0.05, 0.1) is 10.0 Å². The Morgan fingerprint density at radius 2 is 0.905 bits per heavy atom. The fourth-order valence-electron chi connectivity index (χ4n) is 1.16. The zero-order valence-electron chi connectivity index (χ0n) is 9.30. The Bertz CT molecular complexity index is 559. The first-order valence-electron chi connectivity index (χ1n) is 4.10. The van der Waals surface area contributed by atoms with E-state index in [2.05, 4.69) is 0 Å². The molecule has 0 unspecified atom stereocenters. The predicted molar refractivity (Wildman–Crippen MR) is 48.0 cm³/mol. The largest absolute Gasteiger partial charge is 0.435 e. The fourth-order valence-corrected chi connectivity index (χ4v) is 3.91. The van der Waals surface area contributed by atoms with E-state index in [9.17, 15) is 56.3 Å². The van der Waals surface area contributed by atoms with Gasteiger partial charge in [0.1, 0.15) is 10.0 Å². The van der Waals surface area contributed by atoms with Crippen LogP contribution in [0.3, 0.4) is 0 Å². The summed E-state index contributed by atoms with van der Waals surface area (Å²) in [5.41, 5.74) is 0. The molecule has 0 aliphatic heterocycles. The van der Waals surface area contributed by atoms with E-state index in [1.807, 2.05) is 0 Å². The van der Waals surface area contributed by atoms with Crippen LogP contribution in [0.25, 0.3) is 4.13 Å². The highest BCUT2D eigenvalue weighted by Gasteiger charge is 2.88. The van der Waals surface area contributed by atoms with Gasteiger partial charge in [0, 0.05) is 6.26 Å². The maximum Gasteiger partial charge on any atom is 0.424 e. The summed E-state index contributed by atoms with van der Waals surface area (Å²) in [6, 6.07) is 0. The number of nitrogens with zero attached hydrogens (tertiary/aromatic N) is 1. The summed E-state index contributed by atoms with van der Waals surface area (Å²) >= 11 is 0. The number of hydrogen-bond acceptors (Lipinski definition) is 4. The zero-order valence-corrected chi connectivity index (χ0v) is 10.9. The number of alkyl halides is 9. The number of halogens is 9. The van der Waals surface area contributed by atoms with Gasteiger partial charge in [-0.15, -0.1) is 0 Å². The van der Waals surface area contributed by atoms with Gasteiger partial charge in [-0.25, -0.2) is 16.8 Å². The Labute approximate surface area is 111 Å². The van der Waals surface area contributed by atoms with Crippen LogP contribution in [-0.4, -0.2) is 46.4 Å². The van der Waals surface area contributed by atoms with Crippen molar-refractivity contribution in [3.63, 3.8) is 0 Å². The van der Waals surface area contributed by atoms with Crippen LogP contribution in [0.5, 0.6) is 0 Å². The third-order valence-electron chi connectivity index (χ3n) is 1.82. The molecule has 5 nitrogen and oxygen atoms in total. The number of sulfonamides is 2. The summed E-state index contributed by atoms with van der Waals surface area (Å²) in [7, 11) is -13.2. The monoisotopic (exact) mass is 376 g/mol. The van der Waals surface area contributed by atoms with Gasteiger partial charge in [0.15, 0.2) is 0 Å². The molecule has 0 heterocycles. The van der Waals surface area contributed by atoms with Crippen LogP contribution in [0.1, 0.15) is 0 Å². The van der Waals surface area contributed by atoms with Gasteiger partial charge in [0.25, 0.3) is 0 Å². The smallest absolute Gasteiger partial charge is 0.424 e. The van der Waals surface area contributed by atoms with Gasteiger partial charge in [-0.1, -0.05) is 0 Å². The van der Waals surface area contributed by atoms with Gasteiger partial charge >= 0.3 is 23.3 Å². The van der Waals surface area contributed by atoms with Gasteiger partial charge < -0.3 is 4.13 Å². The molecule has 0 bridgehead atoms. The summed E-state index contributed by atoms with van der Waals surface area (Å²) < 4.78 is 148. The minimum absolute atomic E-state index is 0.293. The average molecular weight is 376 g/mol. The second-order valence-electron chi connectivity index (χ2n) is 3.46. The van der Waals surface area contributed by atoms with Crippen molar-refractivity contribution in [3.8, 4) is 0 Å². The fraction of sp³-hybridized carbons (Fsp3) is 1.00. The lowest BCUT2D eigenvalue weighted by Crippen LogP contribution is -2.70. The molecule has 0 atom stereocenters.